The lowest BCUT2D eigenvalue weighted by atomic mass is 9.92. The molecule has 2 fully saturated rings. The second-order valence-corrected chi connectivity index (χ2v) is 6.35. The zero-order chi connectivity index (χ0) is 13.8. The van der Waals surface area contributed by atoms with Crippen molar-refractivity contribution in [3.8, 4) is 5.75 Å². The average Bonchev–Trinajstić information content (AvgIpc) is 2.92. The van der Waals surface area contributed by atoms with Gasteiger partial charge < -0.3 is 10.1 Å². The predicted octanol–water partition coefficient (Wildman–Crippen LogP) is 2.67. The van der Waals surface area contributed by atoms with Gasteiger partial charge >= 0.3 is 0 Å². The molecular formula is C17H26N2O. The van der Waals surface area contributed by atoms with Gasteiger partial charge in [0, 0.05) is 31.2 Å². The maximum Gasteiger partial charge on any atom is 0.119 e. The van der Waals surface area contributed by atoms with Crippen molar-refractivity contribution in [1.29, 1.82) is 0 Å². The van der Waals surface area contributed by atoms with Crippen molar-refractivity contribution in [2.75, 3.05) is 26.2 Å². The zero-order valence-corrected chi connectivity index (χ0v) is 12.5. The van der Waals surface area contributed by atoms with Gasteiger partial charge in [0.25, 0.3) is 0 Å². The summed E-state index contributed by atoms with van der Waals surface area (Å²) < 4.78 is 5.85. The molecular weight excluding hydrogens is 248 g/mol. The van der Waals surface area contributed by atoms with Crippen LogP contribution in [0.3, 0.4) is 0 Å². The minimum atomic E-state index is 0.402. The van der Waals surface area contributed by atoms with Crippen molar-refractivity contribution in [3.05, 3.63) is 30.3 Å². The summed E-state index contributed by atoms with van der Waals surface area (Å²) in [4.78, 5) is 2.60. The van der Waals surface area contributed by atoms with Crippen molar-refractivity contribution in [2.24, 2.45) is 0 Å². The standard InChI is InChI=1S/C17H26N2O/c1-15-13-18-17(9-5-6-10-17)14-19(15)11-12-20-16-7-3-2-4-8-16/h2-4,7-8,15,18H,5-6,9-14H2,1H3. The van der Waals surface area contributed by atoms with Crippen LogP contribution in [-0.2, 0) is 0 Å². The van der Waals surface area contributed by atoms with E-state index in [2.05, 4.69) is 17.1 Å². The normalized spacial score (nSPS) is 25.9. The van der Waals surface area contributed by atoms with Crippen molar-refractivity contribution in [1.82, 2.24) is 10.2 Å². The molecule has 0 aromatic heterocycles. The molecule has 1 aliphatic carbocycles. The van der Waals surface area contributed by atoms with E-state index in [9.17, 15) is 0 Å². The van der Waals surface area contributed by atoms with Crippen LogP contribution in [-0.4, -0.2) is 42.7 Å². The molecule has 3 heteroatoms. The van der Waals surface area contributed by atoms with E-state index in [0.29, 0.717) is 11.6 Å². The Labute approximate surface area is 122 Å². The van der Waals surface area contributed by atoms with Gasteiger partial charge in [-0.25, -0.2) is 0 Å². The van der Waals surface area contributed by atoms with Gasteiger partial charge in [-0.3, -0.25) is 4.90 Å². The first kappa shape index (κ1) is 13.9. The van der Waals surface area contributed by atoms with Crippen molar-refractivity contribution in [2.45, 2.75) is 44.2 Å². The third-order valence-corrected chi connectivity index (χ3v) is 4.85. The maximum absolute atomic E-state index is 5.85. The number of hydrogen-bond donors (Lipinski definition) is 1. The lowest BCUT2D eigenvalue weighted by Crippen LogP contribution is -2.62. The van der Waals surface area contributed by atoms with E-state index >= 15 is 0 Å². The molecule has 110 valence electrons. The molecule has 1 spiro atoms. The smallest absolute Gasteiger partial charge is 0.119 e. The molecule has 1 N–H and O–H groups in total. The quantitative estimate of drug-likeness (QED) is 0.913. The van der Waals surface area contributed by atoms with Gasteiger partial charge in [0.2, 0.25) is 0 Å². The van der Waals surface area contributed by atoms with E-state index in [1.807, 2.05) is 30.3 Å². The maximum atomic E-state index is 5.85. The highest BCUT2D eigenvalue weighted by atomic mass is 16.5. The SMILES string of the molecule is CC1CNC2(CCCC2)CN1CCOc1ccccc1. The average molecular weight is 274 g/mol. The van der Waals surface area contributed by atoms with E-state index in [1.54, 1.807) is 0 Å². The minimum absolute atomic E-state index is 0.402. The summed E-state index contributed by atoms with van der Waals surface area (Å²) in [6.07, 6.45) is 5.46. The van der Waals surface area contributed by atoms with Crippen LogP contribution in [0.15, 0.2) is 30.3 Å². The van der Waals surface area contributed by atoms with Gasteiger partial charge in [-0.15, -0.1) is 0 Å². The van der Waals surface area contributed by atoms with Crippen molar-refractivity contribution < 1.29 is 4.74 Å². The number of benzene rings is 1. The zero-order valence-electron chi connectivity index (χ0n) is 12.5. The number of nitrogens with one attached hydrogen (secondary N) is 1. The molecule has 1 aromatic carbocycles. The summed E-state index contributed by atoms with van der Waals surface area (Å²) in [5.41, 5.74) is 0.402. The summed E-state index contributed by atoms with van der Waals surface area (Å²) >= 11 is 0. The highest BCUT2D eigenvalue weighted by molar-refractivity contribution is 5.20. The monoisotopic (exact) mass is 274 g/mol. The number of nitrogens with zero attached hydrogens (tertiary/aromatic N) is 1. The van der Waals surface area contributed by atoms with Crippen LogP contribution in [0.25, 0.3) is 0 Å². The first-order valence-electron chi connectivity index (χ1n) is 7.94. The topological polar surface area (TPSA) is 24.5 Å². The molecule has 1 aromatic rings. The third-order valence-electron chi connectivity index (χ3n) is 4.85. The molecule has 3 rings (SSSR count). The number of ether oxygens (including phenoxy) is 1. The van der Waals surface area contributed by atoms with Crippen LogP contribution >= 0.6 is 0 Å². The van der Waals surface area contributed by atoms with E-state index in [1.165, 1.54) is 32.2 Å². The van der Waals surface area contributed by atoms with E-state index in [4.69, 9.17) is 4.74 Å². The van der Waals surface area contributed by atoms with Gasteiger partial charge in [-0.2, -0.15) is 0 Å². The Morgan fingerprint density at radius 1 is 1.25 bits per heavy atom. The number of rotatable bonds is 4. The van der Waals surface area contributed by atoms with Crippen molar-refractivity contribution >= 4 is 0 Å². The second-order valence-electron chi connectivity index (χ2n) is 6.35. The van der Waals surface area contributed by atoms with E-state index in [-0.39, 0.29) is 0 Å². The Morgan fingerprint density at radius 2 is 2.00 bits per heavy atom. The van der Waals surface area contributed by atoms with Crippen LogP contribution in [0.1, 0.15) is 32.6 Å². The Bertz CT molecular complexity index is 414. The van der Waals surface area contributed by atoms with Gasteiger partial charge in [0.1, 0.15) is 12.4 Å². The second kappa shape index (κ2) is 6.15. The van der Waals surface area contributed by atoms with Gasteiger partial charge in [-0.05, 0) is 31.9 Å². The lowest BCUT2D eigenvalue weighted by Gasteiger charge is -2.45. The molecule has 2 aliphatic rings. The first-order valence-corrected chi connectivity index (χ1v) is 7.94. The lowest BCUT2D eigenvalue weighted by molar-refractivity contribution is 0.0756. The highest BCUT2D eigenvalue weighted by Crippen LogP contribution is 2.32. The molecule has 20 heavy (non-hydrogen) atoms. The van der Waals surface area contributed by atoms with Crippen LogP contribution in [0.4, 0.5) is 0 Å². The highest BCUT2D eigenvalue weighted by Gasteiger charge is 2.39. The van der Waals surface area contributed by atoms with Gasteiger partial charge in [0.15, 0.2) is 0 Å². The number of piperazine rings is 1. The molecule has 1 saturated carbocycles. The Morgan fingerprint density at radius 3 is 2.75 bits per heavy atom. The molecule has 0 radical (unpaired) electrons. The molecule has 3 nitrogen and oxygen atoms in total. The first-order chi connectivity index (χ1) is 9.77. The van der Waals surface area contributed by atoms with Gasteiger partial charge in [-0.1, -0.05) is 31.0 Å². The molecule has 1 unspecified atom stereocenters. The van der Waals surface area contributed by atoms with Crippen LogP contribution < -0.4 is 10.1 Å². The Balaban J connectivity index is 1.50. The summed E-state index contributed by atoms with van der Waals surface area (Å²) in [5, 5.41) is 3.80. The summed E-state index contributed by atoms with van der Waals surface area (Å²) in [7, 11) is 0. The molecule has 0 amide bonds. The van der Waals surface area contributed by atoms with E-state index in [0.717, 1.165) is 25.4 Å². The summed E-state index contributed by atoms with van der Waals surface area (Å²) in [5.74, 6) is 0.978. The van der Waals surface area contributed by atoms with Crippen LogP contribution in [0.2, 0.25) is 0 Å². The van der Waals surface area contributed by atoms with E-state index < -0.39 is 0 Å². The fourth-order valence-electron chi connectivity index (χ4n) is 3.58. The molecule has 1 heterocycles. The molecule has 0 bridgehead atoms. The minimum Gasteiger partial charge on any atom is -0.492 e. The fourth-order valence-corrected chi connectivity index (χ4v) is 3.58. The fraction of sp³-hybridized carbons (Fsp3) is 0.647. The predicted molar refractivity (Wildman–Crippen MR) is 82.2 cm³/mol. The van der Waals surface area contributed by atoms with Gasteiger partial charge in [0.05, 0.1) is 0 Å². The summed E-state index contributed by atoms with van der Waals surface area (Å²) in [6.45, 7) is 6.43. The van der Waals surface area contributed by atoms with Crippen LogP contribution in [0, 0.1) is 0 Å². The molecule has 1 atom stereocenters. The van der Waals surface area contributed by atoms with Crippen LogP contribution in [0.5, 0.6) is 5.75 Å². The number of para-hydroxylation sites is 1. The molecule has 1 saturated heterocycles. The molecule has 1 aliphatic heterocycles. The largest absolute Gasteiger partial charge is 0.492 e. The number of hydrogen-bond acceptors (Lipinski definition) is 3. The van der Waals surface area contributed by atoms with Crippen molar-refractivity contribution in [3.63, 3.8) is 0 Å². The third kappa shape index (κ3) is 3.15. The summed E-state index contributed by atoms with van der Waals surface area (Å²) in [6, 6.07) is 10.7. The Kier molecular flexibility index (Phi) is 4.27. The Hall–Kier alpha value is -1.06.